The van der Waals surface area contributed by atoms with Gasteiger partial charge in [0.1, 0.15) is 31.5 Å². The Morgan fingerprint density at radius 2 is 1.65 bits per heavy atom. The number of carbonyl (C=O) groups excluding carboxylic acids is 5. The summed E-state index contributed by atoms with van der Waals surface area (Å²) in [6.07, 6.45) is 8.67. The maximum Gasteiger partial charge on any atom is 0.343 e. The number of aliphatic hydroxyl groups is 1. The van der Waals surface area contributed by atoms with Crippen LogP contribution in [-0.4, -0.2) is 140 Å². The van der Waals surface area contributed by atoms with Gasteiger partial charge < -0.3 is 65.6 Å². The van der Waals surface area contributed by atoms with Crippen LogP contribution in [0, 0.1) is 17.8 Å². The molecule has 23 nitrogen and oxygen atoms in total. The molecule has 0 unspecified atom stereocenters. The van der Waals surface area contributed by atoms with Gasteiger partial charge >= 0.3 is 11.9 Å². The highest BCUT2D eigenvalue weighted by molar-refractivity contribution is 7.99. The van der Waals surface area contributed by atoms with Crippen LogP contribution >= 0.6 is 11.8 Å². The number of aryl methyl sites for hydroxylation is 1. The van der Waals surface area contributed by atoms with Crippen LogP contribution in [0.3, 0.4) is 0 Å². The number of aromatic nitrogens is 4. The van der Waals surface area contributed by atoms with Crippen molar-refractivity contribution in [3.8, 4) is 34.7 Å². The van der Waals surface area contributed by atoms with Crippen molar-refractivity contribution in [2.75, 3.05) is 52.1 Å². The Labute approximate surface area is 474 Å². The van der Waals surface area contributed by atoms with Crippen molar-refractivity contribution in [1.82, 2.24) is 45.7 Å². The minimum atomic E-state index is -1.97. The van der Waals surface area contributed by atoms with Crippen molar-refractivity contribution < 1.29 is 57.9 Å². The number of nitrogens with zero attached hydrogens (tertiary/aromatic N) is 5. The third kappa shape index (κ3) is 15.6. The van der Waals surface area contributed by atoms with Gasteiger partial charge in [-0.2, -0.15) is 0 Å². The Bertz CT molecular complexity index is 3070. The molecular weight excluding hydrogens is 1060 g/mol. The van der Waals surface area contributed by atoms with E-state index < -0.39 is 53.4 Å². The molecule has 0 aliphatic carbocycles. The lowest BCUT2D eigenvalue weighted by Crippen LogP contribution is -2.56. The van der Waals surface area contributed by atoms with Crippen LogP contribution in [0.2, 0.25) is 0 Å². The number of aliphatic carboxylic acids is 1. The van der Waals surface area contributed by atoms with E-state index in [1.54, 1.807) is 37.5 Å². The van der Waals surface area contributed by atoms with Crippen LogP contribution < -0.4 is 42.0 Å². The number of amides is 4. The highest BCUT2D eigenvalue weighted by Crippen LogP contribution is 2.43. The molecule has 24 heteroatoms. The van der Waals surface area contributed by atoms with Gasteiger partial charge in [0.05, 0.1) is 41.1 Å². The smallest absolute Gasteiger partial charge is 0.343 e. The molecule has 81 heavy (non-hydrogen) atoms. The van der Waals surface area contributed by atoms with Crippen molar-refractivity contribution in [3.63, 3.8) is 0 Å². The van der Waals surface area contributed by atoms with Gasteiger partial charge in [-0.25, -0.2) is 19.7 Å². The molecule has 0 fully saturated rings. The lowest BCUT2D eigenvalue weighted by atomic mass is 9.86. The number of carbonyl (C=O) groups is 6. The van der Waals surface area contributed by atoms with Gasteiger partial charge in [0, 0.05) is 60.2 Å². The molecule has 1 aromatic carbocycles. The molecule has 8 N–H and O–H groups in total. The lowest BCUT2D eigenvalue weighted by molar-refractivity contribution is -0.172. The third-order valence-electron chi connectivity index (χ3n) is 14.3. The van der Waals surface area contributed by atoms with Gasteiger partial charge in [0.2, 0.25) is 30.4 Å². The second-order valence-electron chi connectivity index (χ2n) is 20.6. The van der Waals surface area contributed by atoms with Gasteiger partial charge in [0.25, 0.3) is 5.56 Å². The van der Waals surface area contributed by atoms with Crippen LogP contribution in [0.15, 0.2) is 40.5 Å². The molecule has 4 atom stereocenters. The van der Waals surface area contributed by atoms with Gasteiger partial charge in [0.15, 0.2) is 22.3 Å². The largest absolute Gasteiger partial charge is 0.480 e. The standard InChI is InChI=1S/C57H74N10O13S/c1-6-19-66(20-7-2)21-13-12-17-42(64-52(71)49(34(4)5)65-47(68)18-11-9-10-15-35-26-60-56(61-27-35)81-31-41(58)54(73)74)51(70)59-28-48(69)62-32-77-22-14-16-36-37-23-45-46(80-33-79-45)25-43(37)63-50-38(36)29-67-44(50)24-40-39(53(67)72)30-78-55(75)57(40,76)8-3/h23-27,34,41-42,49,76H,6-9,11-14,16-22,28-33,58H2,1-5H3,(H,59,70)(H,62,69)(H,64,71)(H,65,68)(H,73,74)/t41-,42-,49-,57-/m0/s1. The second-order valence-corrected chi connectivity index (χ2v) is 21.6. The number of nitrogens with two attached hydrogens (primary N) is 1. The average molecular weight is 1140 g/mol. The maximum atomic E-state index is 14.0. The number of cyclic esters (lactones) is 1. The van der Waals surface area contributed by atoms with Crippen LogP contribution in [0.4, 0.5) is 0 Å². The molecule has 0 saturated carbocycles. The predicted octanol–water partition coefficient (Wildman–Crippen LogP) is 3.38. The molecule has 3 aliphatic rings. The number of ether oxygens (including phenoxy) is 4. The quantitative estimate of drug-likeness (QED) is 0.00865. The monoisotopic (exact) mass is 1140 g/mol. The fourth-order valence-corrected chi connectivity index (χ4v) is 10.6. The number of carboxylic acids is 1. The van der Waals surface area contributed by atoms with E-state index in [9.17, 15) is 38.7 Å². The molecule has 4 amide bonds. The normalized spacial score (nSPS) is 15.9. The number of fused-ring (bicyclic) bond motifs is 6. The first kappa shape index (κ1) is 61.4. The summed E-state index contributed by atoms with van der Waals surface area (Å²) in [6.45, 7) is 12.0. The highest BCUT2D eigenvalue weighted by atomic mass is 32.2. The second kappa shape index (κ2) is 29.0. The molecular formula is C57H74N10O13S. The number of unbranched alkanes of at least 4 members (excludes halogenated alkanes) is 2. The third-order valence-corrected chi connectivity index (χ3v) is 15.3. The number of carboxylic acid groups (broad SMARTS) is 1. The Kier molecular flexibility index (Phi) is 22.0. The molecule has 0 spiro atoms. The van der Waals surface area contributed by atoms with Gasteiger partial charge in [-0.1, -0.05) is 58.2 Å². The summed E-state index contributed by atoms with van der Waals surface area (Å²) in [4.78, 5) is 107. The van der Waals surface area contributed by atoms with Crippen molar-refractivity contribution >= 4 is 58.2 Å². The summed E-state index contributed by atoms with van der Waals surface area (Å²) in [5, 5.41) is 32.6. The summed E-state index contributed by atoms with van der Waals surface area (Å²) < 4.78 is 24.1. The molecule has 436 valence electrons. The molecule has 3 aromatic heterocycles. The molecule has 0 bridgehead atoms. The van der Waals surface area contributed by atoms with E-state index in [4.69, 9.17) is 34.8 Å². The zero-order valence-electron chi connectivity index (χ0n) is 46.7. The van der Waals surface area contributed by atoms with E-state index in [1.165, 1.54) is 12.4 Å². The summed E-state index contributed by atoms with van der Waals surface area (Å²) in [6, 6.07) is 2.37. The molecule has 4 aromatic rings. The number of thioether (sulfide) groups is 1. The molecule has 6 heterocycles. The number of benzene rings is 1. The Morgan fingerprint density at radius 1 is 0.914 bits per heavy atom. The zero-order valence-corrected chi connectivity index (χ0v) is 47.5. The summed E-state index contributed by atoms with van der Waals surface area (Å²) in [5.74, 6) is 2.99. The fourth-order valence-electron chi connectivity index (χ4n) is 9.90. The minimum Gasteiger partial charge on any atom is -0.480 e. The zero-order chi connectivity index (χ0) is 58.2. The van der Waals surface area contributed by atoms with Gasteiger partial charge in [-0.05, 0) is 101 Å². The average Bonchev–Trinajstić information content (AvgIpc) is 2.91. The SMILES string of the molecule is CCCN(CCC)CCCC[C@H](NC(=O)[C@@H](NC(=O)CCCC#Cc1cnc(SC[C@H](N)C(=O)O)nc1)C(C)C)C(=O)NCC(=O)NCOCCCc1c2c(nc3cc4c(cc13)OCO4)-c1cc3c(c(=O)n1C2)COC(=O)[C@]3(O)CC. The number of pyridine rings is 2. The topological polar surface area (TPSA) is 318 Å². The van der Waals surface area contributed by atoms with Crippen LogP contribution in [-0.2, 0) is 63.4 Å². The number of hydrogen-bond donors (Lipinski definition) is 7. The molecule has 7 rings (SSSR count). The lowest BCUT2D eigenvalue weighted by Gasteiger charge is -2.31. The predicted molar refractivity (Wildman–Crippen MR) is 300 cm³/mol. The first-order chi connectivity index (χ1) is 39.0. The van der Waals surface area contributed by atoms with Crippen molar-refractivity contribution in [1.29, 1.82) is 0 Å². The van der Waals surface area contributed by atoms with Gasteiger partial charge in [-0.15, -0.1) is 0 Å². The van der Waals surface area contributed by atoms with E-state index >= 15 is 0 Å². The summed E-state index contributed by atoms with van der Waals surface area (Å²) in [7, 11) is 0. The minimum absolute atomic E-state index is 0.0152. The first-order valence-electron chi connectivity index (χ1n) is 27.7. The van der Waals surface area contributed by atoms with Crippen LogP contribution in [0.25, 0.3) is 22.3 Å². The van der Waals surface area contributed by atoms with E-state index in [2.05, 4.69) is 61.8 Å². The molecule has 3 aliphatic heterocycles. The van der Waals surface area contributed by atoms with Crippen molar-refractivity contribution in [2.45, 2.75) is 147 Å². The number of nitrogens with one attached hydrogen (secondary N) is 4. The summed E-state index contributed by atoms with van der Waals surface area (Å²) >= 11 is 1.12. The number of rotatable bonds is 30. The van der Waals surface area contributed by atoms with E-state index in [0.29, 0.717) is 77.6 Å². The Hall–Kier alpha value is -7.17. The first-order valence-corrected chi connectivity index (χ1v) is 28.7. The van der Waals surface area contributed by atoms with E-state index in [-0.39, 0.29) is 86.9 Å². The number of hydrogen-bond acceptors (Lipinski definition) is 18. The summed E-state index contributed by atoms with van der Waals surface area (Å²) in [5.41, 5.74) is 7.52. The highest BCUT2D eigenvalue weighted by Gasteiger charge is 2.45. The van der Waals surface area contributed by atoms with Crippen molar-refractivity contribution in [2.24, 2.45) is 11.7 Å². The maximum absolute atomic E-state index is 14.0. The Morgan fingerprint density at radius 3 is 2.36 bits per heavy atom. The molecule has 0 saturated heterocycles. The van der Waals surface area contributed by atoms with E-state index in [1.807, 2.05) is 6.07 Å². The van der Waals surface area contributed by atoms with Gasteiger partial charge in [-0.3, -0.25) is 28.8 Å². The van der Waals surface area contributed by atoms with E-state index in [0.717, 1.165) is 67.2 Å². The number of esters is 1. The van der Waals surface area contributed by atoms with Crippen LogP contribution in [0.5, 0.6) is 11.5 Å². The Balaban J connectivity index is 0.909. The fraction of sp³-hybridized carbons (Fsp3) is 0.544. The van der Waals surface area contributed by atoms with Crippen LogP contribution in [0.1, 0.15) is 127 Å². The van der Waals surface area contributed by atoms with Crippen molar-refractivity contribution in [3.05, 3.63) is 68.8 Å². The molecule has 0 radical (unpaired) electrons.